The number of hydrogen-bond acceptors (Lipinski definition) is 1. The van der Waals surface area contributed by atoms with E-state index >= 15 is 0 Å². The standard InChI is InChI=1S/C18H20O2/c1-2-15-11-7-13-17(18(19)20)16(15)12-6-10-14-8-4-3-5-9-14/h3-5,7-9,11,13H,2,6,10,12H2,1H3,(H,19,20). The quantitative estimate of drug-likeness (QED) is 0.855. The van der Waals surface area contributed by atoms with Crippen LogP contribution in [0.4, 0.5) is 0 Å². The molecule has 0 radical (unpaired) electrons. The van der Waals surface area contributed by atoms with E-state index in [2.05, 4.69) is 19.1 Å². The molecule has 0 saturated heterocycles. The molecule has 0 fully saturated rings. The SMILES string of the molecule is CCc1cccc(C(=O)O)c1CCCc1ccccc1. The van der Waals surface area contributed by atoms with Gasteiger partial charge in [0.05, 0.1) is 5.56 Å². The Hall–Kier alpha value is -2.09. The lowest BCUT2D eigenvalue weighted by Gasteiger charge is -2.11. The first-order valence-corrected chi connectivity index (χ1v) is 7.10. The minimum Gasteiger partial charge on any atom is -0.478 e. The van der Waals surface area contributed by atoms with E-state index in [1.54, 1.807) is 6.07 Å². The van der Waals surface area contributed by atoms with E-state index in [1.165, 1.54) is 5.56 Å². The third-order valence-electron chi connectivity index (χ3n) is 3.62. The molecule has 2 aromatic carbocycles. The molecule has 2 heteroatoms. The highest BCUT2D eigenvalue weighted by Crippen LogP contribution is 2.19. The van der Waals surface area contributed by atoms with Crippen molar-refractivity contribution in [2.45, 2.75) is 32.6 Å². The molecule has 0 unspecified atom stereocenters. The monoisotopic (exact) mass is 268 g/mol. The number of carboxylic acid groups (broad SMARTS) is 1. The fourth-order valence-corrected chi connectivity index (χ4v) is 2.58. The van der Waals surface area contributed by atoms with Crippen LogP contribution in [0.1, 0.15) is 40.4 Å². The summed E-state index contributed by atoms with van der Waals surface area (Å²) in [4.78, 5) is 11.3. The summed E-state index contributed by atoms with van der Waals surface area (Å²) in [5.74, 6) is -0.824. The predicted molar refractivity (Wildman–Crippen MR) is 81.2 cm³/mol. The lowest BCUT2D eigenvalue weighted by Crippen LogP contribution is -2.06. The molecule has 0 bridgehead atoms. The topological polar surface area (TPSA) is 37.3 Å². The highest BCUT2D eigenvalue weighted by Gasteiger charge is 2.12. The van der Waals surface area contributed by atoms with Gasteiger partial charge < -0.3 is 5.11 Å². The van der Waals surface area contributed by atoms with Crippen LogP contribution in [0.3, 0.4) is 0 Å². The summed E-state index contributed by atoms with van der Waals surface area (Å²) < 4.78 is 0. The first-order chi connectivity index (χ1) is 9.72. The van der Waals surface area contributed by atoms with E-state index in [0.717, 1.165) is 36.8 Å². The summed E-state index contributed by atoms with van der Waals surface area (Å²) >= 11 is 0. The molecule has 0 aliphatic heterocycles. The van der Waals surface area contributed by atoms with Gasteiger partial charge in [-0.3, -0.25) is 0 Å². The Morgan fingerprint density at radius 2 is 1.75 bits per heavy atom. The number of rotatable bonds is 6. The van der Waals surface area contributed by atoms with E-state index in [-0.39, 0.29) is 0 Å². The minimum atomic E-state index is -0.824. The summed E-state index contributed by atoms with van der Waals surface area (Å²) in [6.07, 6.45) is 3.65. The number of benzene rings is 2. The van der Waals surface area contributed by atoms with Crippen molar-refractivity contribution >= 4 is 5.97 Å². The van der Waals surface area contributed by atoms with Crippen LogP contribution in [0, 0.1) is 0 Å². The van der Waals surface area contributed by atoms with Crippen LogP contribution in [-0.4, -0.2) is 11.1 Å². The third-order valence-corrected chi connectivity index (χ3v) is 3.62. The molecule has 0 atom stereocenters. The lowest BCUT2D eigenvalue weighted by molar-refractivity contribution is 0.0695. The number of carbonyl (C=O) groups is 1. The van der Waals surface area contributed by atoms with Crippen molar-refractivity contribution in [1.29, 1.82) is 0 Å². The second-order valence-electron chi connectivity index (χ2n) is 4.94. The van der Waals surface area contributed by atoms with Gasteiger partial charge in [-0.05, 0) is 48.4 Å². The van der Waals surface area contributed by atoms with Gasteiger partial charge in [0.25, 0.3) is 0 Å². The van der Waals surface area contributed by atoms with Crippen LogP contribution >= 0.6 is 0 Å². The van der Waals surface area contributed by atoms with Crippen LogP contribution in [-0.2, 0) is 19.3 Å². The van der Waals surface area contributed by atoms with Crippen LogP contribution in [0.15, 0.2) is 48.5 Å². The van der Waals surface area contributed by atoms with Gasteiger partial charge in [-0.1, -0.05) is 49.4 Å². The maximum atomic E-state index is 11.3. The second kappa shape index (κ2) is 6.90. The smallest absolute Gasteiger partial charge is 0.335 e. The highest BCUT2D eigenvalue weighted by molar-refractivity contribution is 5.89. The average Bonchev–Trinajstić information content (AvgIpc) is 2.48. The summed E-state index contributed by atoms with van der Waals surface area (Å²) in [7, 11) is 0. The molecule has 0 saturated carbocycles. The first-order valence-electron chi connectivity index (χ1n) is 7.10. The Balaban J connectivity index is 2.10. The van der Waals surface area contributed by atoms with Crippen molar-refractivity contribution < 1.29 is 9.90 Å². The van der Waals surface area contributed by atoms with Crippen LogP contribution in [0.2, 0.25) is 0 Å². The molecule has 0 aliphatic rings. The van der Waals surface area contributed by atoms with E-state index in [9.17, 15) is 9.90 Å². The first kappa shape index (κ1) is 14.3. The van der Waals surface area contributed by atoms with Gasteiger partial charge in [0.1, 0.15) is 0 Å². The van der Waals surface area contributed by atoms with E-state index in [4.69, 9.17) is 0 Å². The molecule has 20 heavy (non-hydrogen) atoms. The molecule has 0 spiro atoms. The fraction of sp³-hybridized carbons (Fsp3) is 0.278. The molecule has 0 amide bonds. The number of carboxylic acids is 1. The fourth-order valence-electron chi connectivity index (χ4n) is 2.58. The summed E-state index contributed by atoms with van der Waals surface area (Å²) in [6, 6.07) is 15.9. The van der Waals surface area contributed by atoms with Crippen LogP contribution in [0.25, 0.3) is 0 Å². The van der Waals surface area contributed by atoms with Crippen molar-refractivity contribution in [1.82, 2.24) is 0 Å². The van der Waals surface area contributed by atoms with Crippen molar-refractivity contribution in [3.63, 3.8) is 0 Å². The van der Waals surface area contributed by atoms with Crippen molar-refractivity contribution in [2.24, 2.45) is 0 Å². The van der Waals surface area contributed by atoms with Gasteiger partial charge in [-0.15, -0.1) is 0 Å². The number of hydrogen-bond donors (Lipinski definition) is 1. The molecular weight excluding hydrogens is 248 g/mol. The predicted octanol–water partition coefficient (Wildman–Crippen LogP) is 4.12. The minimum absolute atomic E-state index is 0.456. The zero-order valence-electron chi connectivity index (χ0n) is 11.8. The maximum Gasteiger partial charge on any atom is 0.335 e. The van der Waals surface area contributed by atoms with Crippen molar-refractivity contribution in [3.8, 4) is 0 Å². The molecular formula is C18H20O2. The summed E-state index contributed by atoms with van der Waals surface area (Å²) in [5, 5.41) is 9.30. The average molecular weight is 268 g/mol. The Morgan fingerprint density at radius 1 is 1.00 bits per heavy atom. The summed E-state index contributed by atoms with van der Waals surface area (Å²) in [6.45, 7) is 2.07. The Morgan fingerprint density at radius 3 is 2.40 bits per heavy atom. The van der Waals surface area contributed by atoms with Crippen molar-refractivity contribution in [2.75, 3.05) is 0 Å². The third kappa shape index (κ3) is 3.47. The Kier molecular flexibility index (Phi) is 4.94. The molecule has 0 heterocycles. The van der Waals surface area contributed by atoms with Gasteiger partial charge in [0.2, 0.25) is 0 Å². The molecule has 2 aromatic rings. The normalized spacial score (nSPS) is 10.4. The largest absolute Gasteiger partial charge is 0.478 e. The van der Waals surface area contributed by atoms with Crippen LogP contribution in [0.5, 0.6) is 0 Å². The second-order valence-corrected chi connectivity index (χ2v) is 4.94. The zero-order valence-corrected chi connectivity index (χ0v) is 11.8. The van der Waals surface area contributed by atoms with E-state index < -0.39 is 5.97 Å². The molecule has 2 nitrogen and oxygen atoms in total. The maximum absolute atomic E-state index is 11.3. The van der Waals surface area contributed by atoms with Crippen LogP contribution < -0.4 is 0 Å². The summed E-state index contributed by atoms with van der Waals surface area (Å²) in [5.41, 5.74) is 3.91. The highest BCUT2D eigenvalue weighted by atomic mass is 16.4. The van der Waals surface area contributed by atoms with E-state index in [0.29, 0.717) is 5.56 Å². The molecule has 1 N–H and O–H groups in total. The lowest BCUT2D eigenvalue weighted by atomic mass is 9.94. The van der Waals surface area contributed by atoms with Gasteiger partial charge in [-0.2, -0.15) is 0 Å². The van der Waals surface area contributed by atoms with Gasteiger partial charge in [-0.25, -0.2) is 4.79 Å². The van der Waals surface area contributed by atoms with Gasteiger partial charge >= 0.3 is 5.97 Å². The molecule has 0 aliphatic carbocycles. The zero-order chi connectivity index (χ0) is 14.4. The molecule has 104 valence electrons. The molecule has 0 aromatic heterocycles. The van der Waals surface area contributed by atoms with Gasteiger partial charge in [0, 0.05) is 0 Å². The van der Waals surface area contributed by atoms with E-state index in [1.807, 2.05) is 30.3 Å². The Labute approximate surface area is 120 Å². The number of aryl methyl sites for hydroxylation is 2. The Bertz CT molecular complexity index is 573. The van der Waals surface area contributed by atoms with Gasteiger partial charge in [0.15, 0.2) is 0 Å². The van der Waals surface area contributed by atoms with Crippen molar-refractivity contribution in [3.05, 3.63) is 70.8 Å². The molecule has 2 rings (SSSR count). The number of aromatic carboxylic acids is 1.